The van der Waals surface area contributed by atoms with Crippen molar-refractivity contribution < 1.29 is 14.3 Å². The Morgan fingerprint density at radius 3 is 2.75 bits per heavy atom. The van der Waals surface area contributed by atoms with Crippen molar-refractivity contribution in [3.05, 3.63) is 59.8 Å². The Morgan fingerprint density at radius 1 is 1.21 bits per heavy atom. The fourth-order valence-electron chi connectivity index (χ4n) is 2.41. The minimum absolute atomic E-state index is 0.246. The van der Waals surface area contributed by atoms with Crippen LogP contribution in [-0.2, 0) is 4.79 Å². The maximum absolute atomic E-state index is 12.5. The predicted molar refractivity (Wildman–Crippen MR) is 89.0 cm³/mol. The lowest BCUT2D eigenvalue weighted by molar-refractivity contribution is -0.112. The van der Waals surface area contributed by atoms with E-state index in [1.165, 1.54) is 13.3 Å². The number of aromatic amines is 1. The summed E-state index contributed by atoms with van der Waals surface area (Å²) >= 11 is 0. The number of nitrogens with zero attached hydrogens (tertiary/aromatic N) is 1. The lowest BCUT2D eigenvalue weighted by Gasteiger charge is -2.06. The molecule has 0 spiro atoms. The van der Waals surface area contributed by atoms with Gasteiger partial charge in [-0.25, -0.2) is 0 Å². The molecule has 118 valence electrons. The molecule has 0 atom stereocenters. The molecule has 0 aliphatic carbocycles. The quantitative estimate of drug-likeness (QED) is 0.571. The van der Waals surface area contributed by atoms with E-state index in [2.05, 4.69) is 10.3 Å². The third kappa shape index (κ3) is 2.71. The number of hydrogen-bond acceptors (Lipinski definition) is 4. The van der Waals surface area contributed by atoms with E-state index in [-0.39, 0.29) is 5.56 Å². The van der Waals surface area contributed by atoms with Gasteiger partial charge in [-0.05, 0) is 30.3 Å². The summed E-state index contributed by atoms with van der Waals surface area (Å²) in [6, 6.07) is 13.7. The van der Waals surface area contributed by atoms with E-state index in [1.54, 1.807) is 42.5 Å². The molecule has 0 bridgehead atoms. The molecule has 3 rings (SSSR count). The maximum atomic E-state index is 12.5. The second kappa shape index (κ2) is 6.26. The predicted octanol–water partition coefficient (Wildman–Crippen LogP) is 2.87. The molecule has 0 unspecified atom stereocenters. The van der Waals surface area contributed by atoms with Gasteiger partial charge in [0.1, 0.15) is 11.8 Å². The van der Waals surface area contributed by atoms with E-state index in [9.17, 15) is 9.59 Å². The van der Waals surface area contributed by atoms with Crippen molar-refractivity contribution in [1.29, 1.82) is 5.26 Å². The number of rotatable bonds is 4. The number of carbonyl (C=O) groups excluding carboxylic acids is 2. The summed E-state index contributed by atoms with van der Waals surface area (Å²) in [4.78, 5) is 27.7. The zero-order valence-electron chi connectivity index (χ0n) is 12.8. The highest BCUT2D eigenvalue weighted by molar-refractivity contribution is 6.48. The van der Waals surface area contributed by atoms with Crippen molar-refractivity contribution in [1.82, 2.24) is 4.98 Å². The third-order valence-electron chi connectivity index (χ3n) is 3.64. The number of nitrogens with one attached hydrogen (secondary N) is 2. The minimum Gasteiger partial charge on any atom is -0.497 e. The number of fused-ring (bicyclic) bond motifs is 1. The van der Waals surface area contributed by atoms with E-state index in [0.29, 0.717) is 22.4 Å². The van der Waals surface area contributed by atoms with Crippen LogP contribution in [0.4, 0.5) is 5.69 Å². The molecule has 1 amide bonds. The molecule has 0 saturated heterocycles. The Morgan fingerprint density at radius 2 is 2.00 bits per heavy atom. The van der Waals surface area contributed by atoms with Crippen molar-refractivity contribution in [2.24, 2.45) is 0 Å². The maximum Gasteiger partial charge on any atom is 0.296 e. The Bertz CT molecular complexity index is 983. The molecule has 0 saturated carbocycles. The lowest BCUT2D eigenvalue weighted by atomic mass is 10.1. The average Bonchev–Trinajstić information content (AvgIpc) is 3.04. The van der Waals surface area contributed by atoms with Gasteiger partial charge < -0.3 is 15.0 Å². The number of carbonyl (C=O) groups is 2. The number of anilines is 1. The van der Waals surface area contributed by atoms with Crippen LogP contribution in [0.3, 0.4) is 0 Å². The van der Waals surface area contributed by atoms with Crippen molar-refractivity contribution in [2.75, 3.05) is 12.4 Å². The molecule has 6 heteroatoms. The Kier molecular flexibility index (Phi) is 4.00. The van der Waals surface area contributed by atoms with Crippen molar-refractivity contribution in [3.63, 3.8) is 0 Å². The van der Waals surface area contributed by atoms with Crippen LogP contribution in [0.5, 0.6) is 5.75 Å². The van der Waals surface area contributed by atoms with Crippen LogP contribution in [0, 0.1) is 11.3 Å². The fourth-order valence-corrected chi connectivity index (χ4v) is 2.41. The first-order valence-corrected chi connectivity index (χ1v) is 7.14. The SMILES string of the molecule is COc1ccc2[nH]cc(C(=O)C(=O)Nc3ccccc3C#N)c2c1. The van der Waals surface area contributed by atoms with E-state index in [4.69, 9.17) is 10.00 Å². The van der Waals surface area contributed by atoms with E-state index in [0.717, 1.165) is 5.52 Å². The van der Waals surface area contributed by atoms with Crippen LogP contribution in [0.1, 0.15) is 15.9 Å². The molecule has 2 N–H and O–H groups in total. The van der Waals surface area contributed by atoms with E-state index >= 15 is 0 Å². The molecule has 0 radical (unpaired) electrons. The number of methoxy groups -OCH3 is 1. The minimum atomic E-state index is -0.804. The molecule has 0 aliphatic heterocycles. The average molecular weight is 319 g/mol. The van der Waals surface area contributed by atoms with Gasteiger partial charge in [-0.2, -0.15) is 5.26 Å². The number of hydrogen-bond donors (Lipinski definition) is 2. The van der Waals surface area contributed by atoms with Crippen LogP contribution in [0.25, 0.3) is 10.9 Å². The van der Waals surface area contributed by atoms with Gasteiger partial charge >= 0.3 is 0 Å². The lowest BCUT2D eigenvalue weighted by Crippen LogP contribution is -2.23. The number of ether oxygens (including phenoxy) is 1. The Balaban J connectivity index is 1.91. The smallest absolute Gasteiger partial charge is 0.296 e. The summed E-state index contributed by atoms with van der Waals surface area (Å²) in [5.41, 5.74) is 1.57. The number of para-hydroxylation sites is 1. The Labute approximate surface area is 137 Å². The van der Waals surface area contributed by atoms with Crippen molar-refractivity contribution >= 4 is 28.3 Å². The summed E-state index contributed by atoms with van der Waals surface area (Å²) in [5.74, 6) is -0.907. The molecule has 1 heterocycles. The molecular formula is C18H13N3O3. The van der Waals surface area contributed by atoms with Gasteiger partial charge in [0.2, 0.25) is 0 Å². The monoisotopic (exact) mass is 319 g/mol. The molecule has 3 aromatic rings. The van der Waals surface area contributed by atoms with Gasteiger partial charge in [-0.3, -0.25) is 9.59 Å². The fraction of sp³-hybridized carbons (Fsp3) is 0.0556. The van der Waals surface area contributed by atoms with Crippen LogP contribution in [0.2, 0.25) is 0 Å². The molecule has 0 fully saturated rings. The van der Waals surface area contributed by atoms with E-state index < -0.39 is 11.7 Å². The zero-order valence-corrected chi connectivity index (χ0v) is 12.8. The summed E-state index contributed by atoms with van der Waals surface area (Å²) in [7, 11) is 1.53. The van der Waals surface area contributed by atoms with Gasteiger partial charge in [-0.1, -0.05) is 12.1 Å². The number of Topliss-reactive ketones (excluding diaryl/α,β-unsaturated/α-hetero) is 1. The van der Waals surface area contributed by atoms with Gasteiger partial charge in [0.05, 0.1) is 23.9 Å². The van der Waals surface area contributed by atoms with Crippen molar-refractivity contribution in [3.8, 4) is 11.8 Å². The largest absolute Gasteiger partial charge is 0.497 e. The molecular weight excluding hydrogens is 306 g/mol. The highest BCUT2D eigenvalue weighted by atomic mass is 16.5. The zero-order chi connectivity index (χ0) is 17.1. The van der Waals surface area contributed by atoms with E-state index in [1.807, 2.05) is 6.07 Å². The topological polar surface area (TPSA) is 95.0 Å². The summed E-state index contributed by atoms with van der Waals surface area (Å²) in [6.45, 7) is 0. The molecule has 0 aliphatic rings. The highest BCUT2D eigenvalue weighted by Gasteiger charge is 2.21. The van der Waals surface area contributed by atoms with Crippen LogP contribution in [0.15, 0.2) is 48.7 Å². The van der Waals surface area contributed by atoms with Gasteiger partial charge in [-0.15, -0.1) is 0 Å². The summed E-state index contributed by atoms with van der Waals surface area (Å²) < 4.78 is 5.15. The summed E-state index contributed by atoms with van der Waals surface area (Å²) in [5, 5.41) is 12.1. The van der Waals surface area contributed by atoms with Gasteiger partial charge in [0, 0.05) is 17.1 Å². The molecule has 2 aromatic carbocycles. The van der Waals surface area contributed by atoms with Crippen LogP contribution >= 0.6 is 0 Å². The number of H-pyrrole nitrogens is 1. The van der Waals surface area contributed by atoms with Crippen LogP contribution < -0.4 is 10.1 Å². The standard InChI is InChI=1S/C18H13N3O3/c1-24-12-6-7-16-13(8-12)14(10-20-16)17(22)18(23)21-15-5-3-2-4-11(15)9-19/h2-8,10,20H,1H3,(H,21,23). The molecule has 6 nitrogen and oxygen atoms in total. The molecule has 1 aromatic heterocycles. The number of amides is 1. The summed E-state index contributed by atoms with van der Waals surface area (Å²) in [6.07, 6.45) is 1.49. The number of benzene rings is 2. The van der Waals surface area contributed by atoms with Crippen LogP contribution in [-0.4, -0.2) is 23.8 Å². The Hall–Kier alpha value is -3.59. The highest BCUT2D eigenvalue weighted by Crippen LogP contribution is 2.24. The first-order chi connectivity index (χ1) is 11.6. The number of aromatic nitrogens is 1. The van der Waals surface area contributed by atoms with Crippen molar-refractivity contribution in [2.45, 2.75) is 0 Å². The number of ketones is 1. The second-order valence-corrected chi connectivity index (χ2v) is 5.05. The number of nitriles is 1. The van der Waals surface area contributed by atoms with Gasteiger partial charge in [0.15, 0.2) is 0 Å². The molecule has 24 heavy (non-hydrogen) atoms. The first kappa shape index (κ1) is 15.3. The normalized spacial score (nSPS) is 10.2. The first-order valence-electron chi connectivity index (χ1n) is 7.14. The second-order valence-electron chi connectivity index (χ2n) is 5.05. The third-order valence-corrected chi connectivity index (χ3v) is 3.64. The van der Waals surface area contributed by atoms with Gasteiger partial charge in [0.25, 0.3) is 11.7 Å².